The van der Waals surface area contributed by atoms with Gasteiger partial charge in [-0.15, -0.1) is 0 Å². The van der Waals surface area contributed by atoms with Gasteiger partial charge >= 0.3 is 0 Å². The number of aliphatic hydroxyl groups excluding tert-OH is 1. The zero-order valence-corrected chi connectivity index (χ0v) is 19.1. The Morgan fingerprint density at radius 1 is 1.09 bits per heavy atom. The van der Waals surface area contributed by atoms with Crippen LogP contribution >= 0.6 is 23.2 Å². The molecule has 2 aromatic carbocycles. The highest BCUT2D eigenvalue weighted by molar-refractivity contribution is 6.30. The standard InChI is InChI=1S/C24H22Cl2N2O4/c1-23(31,14-29)16-5-10-21-20(11-16)22(30)28(13-19-9-8-18(26)12-27-19)24(21,32-2)15-3-6-17(25)7-4-15/h3-12,29,31H,13-14H2,1-2H3/t23-,24+/m0/s1. The van der Waals surface area contributed by atoms with Crippen molar-refractivity contribution in [3.05, 3.63) is 98.8 Å². The number of halogens is 2. The zero-order valence-electron chi connectivity index (χ0n) is 17.5. The smallest absolute Gasteiger partial charge is 0.257 e. The lowest BCUT2D eigenvalue weighted by atomic mass is 9.89. The first-order valence-electron chi connectivity index (χ1n) is 9.95. The van der Waals surface area contributed by atoms with Crippen molar-refractivity contribution < 1.29 is 19.7 Å². The summed E-state index contributed by atoms with van der Waals surface area (Å²) in [5.41, 5.74) is 0.0550. The number of carbonyl (C=O) groups is 1. The van der Waals surface area contributed by atoms with Crippen LogP contribution in [0.2, 0.25) is 10.0 Å². The maximum atomic E-state index is 13.7. The lowest BCUT2D eigenvalue weighted by molar-refractivity contribution is -0.0868. The molecule has 0 fully saturated rings. The van der Waals surface area contributed by atoms with E-state index in [1.807, 2.05) is 12.1 Å². The fourth-order valence-corrected chi connectivity index (χ4v) is 4.28. The van der Waals surface area contributed by atoms with E-state index in [-0.39, 0.29) is 12.5 Å². The van der Waals surface area contributed by atoms with Crippen LogP contribution in [0.15, 0.2) is 60.8 Å². The van der Waals surface area contributed by atoms with E-state index < -0.39 is 17.9 Å². The number of methoxy groups -OCH3 is 1. The van der Waals surface area contributed by atoms with Crippen molar-refractivity contribution in [3.8, 4) is 0 Å². The van der Waals surface area contributed by atoms with Gasteiger partial charge < -0.3 is 14.9 Å². The molecule has 2 atom stereocenters. The SMILES string of the molecule is CO[C@]1(c2ccc(Cl)cc2)c2ccc([C@@](C)(O)CO)cc2C(=O)N1Cc1ccc(Cl)cn1. The van der Waals surface area contributed by atoms with Gasteiger partial charge in [0.05, 0.1) is 23.9 Å². The van der Waals surface area contributed by atoms with Crippen molar-refractivity contribution in [2.24, 2.45) is 0 Å². The maximum absolute atomic E-state index is 13.7. The van der Waals surface area contributed by atoms with E-state index in [2.05, 4.69) is 4.98 Å². The highest BCUT2D eigenvalue weighted by Gasteiger charge is 2.52. The number of nitrogens with zero attached hydrogens (tertiary/aromatic N) is 2. The number of aliphatic hydroxyl groups is 2. The van der Waals surface area contributed by atoms with Crippen molar-refractivity contribution >= 4 is 29.1 Å². The summed E-state index contributed by atoms with van der Waals surface area (Å²) in [5.74, 6) is -0.288. The van der Waals surface area contributed by atoms with Crippen molar-refractivity contribution in [1.29, 1.82) is 0 Å². The molecule has 8 heteroatoms. The van der Waals surface area contributed by atoms with E-state index in [0.29, 0.717) is 38.0 Å². The van der Waals surface area contributed by atoms with Gasteiger partial charge in [-0.2, -0.15) is 0 Å². The molecule has 0 saturated heterocycles. The minimum atomic E-state index is -1.49. The third-order valence-electron chi connectivity index (χ3n) is 5.81. The Bertz CT molecular complexity index is 1150. The molecule has 1 amide bonds. The van der Waals surface area contributed by atoms with Crippen LogP contribution in [0, 0.1) is 0 Å². The number of benzene rings is 2. The Kier molecular flexibility index (Phi) is 6.00. The van der Waals surface area contributed by atoms with Gasteiger partial charge in [-0.05, 0) is 42.8 Å². The number of rotatable bonds is 6. The molecule has 0 aliphatic carbocycles. The van der Waals surface area contributed by atoms with E-state index in [0.717, 1.165) is 0 Å². The highest BCUT2D eigenvalue weighted by atomic mass is 35.5. The molecule has 1 aliphatic rings. The van der Waals surface area contributed by atoms with E-state index in [1.165, 1.54) is 20.2 Å². The first-order chi connectivity index (χ1) is 15.2. The molecule has 4 rings (SSSR count). The normalized spacial score (nSPS) is 19.7. The first-order valence-corrected chi connectivity index (χ1v) is 10.7. The number of aromatic nitrogens is 1. The molecular weight excluding hydrogens is 451 g/mol. The molecule has 32 heavy (non-hydrogen) atoms. The largest absolute Gasteiger partial charge is 0.393 e. The Morgan fingerprint density at radius 3 is 2.38 bits per heavy atom. The lowest BCUT2D eigenvalue weighted by Gasteiger charge is -2.38. The summed E-state index contributed by atoms with van der Waals surface area (Å²) in [6.45, 7) is 1.17. The maximum Gasteiger partial charge on any atom is 0.257 e. The van der Waals surface area contributed by atoms with Crippen molar-refractivity contribution in [2.75, 3.05) is 13.7 Å². The van der Waals surface area contributed by atoms with Gasteiger partial charge in [0.1, 0.15) is 5.60 Å². The monoisotopic (exact) mass is 472 g/mol. The first kappa shape index (κ1) is 22.7. The molecule has 2 heterocycles. The fraction of sp³-hybridized carbons (Fsp3) is 0.250. The number of pyridine rings is 1. The summed E-state index contributed by atoms with van der Waals surface area (Å²) in [7, 11) is 1.54. The van der Waals surface area contributed by atoms with E-state index in [9.17, 15) is 15.0 Å². The Hall–Kier alpha value is -2.48. The average molecular weight is 473 g/mol. The Balaban J connectivity index is 1.91. The molecular formula is C24H22Cl2N2O4. The second-order valence-corrected chi connectivity index (χ2v) is 8.78. The van der Waals surface area contributed by atoms with Gasteiger partial charge in [-0.1, -0.05) is 47.5 Å². The third-order valence-corrected chi connectivity index (χ3v) is 6.29. The molecule has 0 saturated carbocycles. The highest BCUT2D eigenvalue weighted by Crippen LogP contribution is 2.46. The molecule has 1 aliphatic heterocycles. The van der Waals surface area contributed by atoms with Crippen LogP contribution in [0.25, 0.3) is 0 Å². The molecule has 0 unspecified atom stereocenters. The van der Waals surface area contributed by atoms with Crippen LogP contribution in [-0.4, -0.2) is 39.7 Å². The number of fused-ring (bicyclic) bond motifs is 1. The molecule has 1 aromatic heterocycles. The Labute approximate surface area is 196 Å². The quantitative estimate of drug-likeness (QED) is 0.564. The van der Waals surface area contributed by atoms with Gasteiger partial charge in [-0.25, -0.2) is 0 Å². The van der Waals surface area contributed by atoms with Crippen molar-refractivity contribution in [1.82, 2.24) is 9.88 Å². The molecule has 0 radical (unpaired) electrons. The molecule has 166 valence electrons. The third kappa shape index (κ3) is 3.68. The van der Waals surface area contributed by atoms with E-state index in [1.54, 1.807) is 47.4 Å². The summed E-state index contributed by atoms with van der Waals surface area (Å²) < 4.78 is 6.08. The summed E-state index contributed by atoms with van der Waals surface area (Å²) >= 11 is 12.1. The topological polar surface area (TPSA) is 82.9 Å². The van der Waals surface area contributed by atoms with E-state index in [4.69, 9.17) is 27.9 Å². The van der Waals surface area contributed by atoms with Crippen molar-refractivity contribution in [2.45, 2.75) is 24.8 Å². The summed E-state index contributed by atoms with van der Waals surface area (Å²) in [6, 6.07) is 15.6. The van der Waals surface area contributed by atoms with Gasteiger partial charge in [0, 0.05) is 35.0 Å². The average Bonchev–Trinajstić information content (AvgIpc) is 3.03. The van der Waals surface area contributed by atoms with Gasteiger partial charge in [-0.3, -0.25) is 14.7 Å². The summed E-state index contributed by atoms with van der Waals surface area (Å²) in [6.07, 6.45) is 1.53. The lowest BCUT2D eigenvalue weighted by Crippen LogP contribution is -2.45. The summed E-state index contributed by atoms with van der Waals surface area (Å²) in [4.78, 5) is 19.6. The van der Waals surface area contributed by atoms with Gasteiger partial charge in [0.25, 0.3) is 5.91 Å². The van der Waals surface area contributed by atoms with Crippen LogP contribution in [0.3, 0.4) is 0 Å². The molecule has 0 bridgehead atoms. The van der Waals surface area contributed by atoms with Crippen LogP contribution in [-0.2, 0) is 22.6 Å². The Morgan fingerprint density at radius 2 is 1.78 bits per heavy atom. The molecule has 0 spiro atoms. The predicted molar refractivity (Wildman–Crippen MR) is 121 cm³/mol. The predicted octanol–water partition coefficient (Wildman–Crippen LogP) is 4.09. The fourth-order valence-electron chi connectivity index (χ4n) is 4.05. The zero-order chi connectivity index (χ0) is 23.1. The minimum absolute atomic E-state index is 0.160. The van der Waals surface area contributed by atoms with Gasteiger partial charge in [0.2, 0.25) is 0 Å². The van der Waals surface area contributed by atoms with Crippen molar-refractivity contribution in [3.63, 3.8) is 0 Å². The number of hydrogen-bond acceptors (Lipinski definition) is 5. The molecule has 3 aromatic rings. The second kappa shape index (κ2) is 8.46. The molecule has 2 N–H and O–H groups in total. The molecule has 6 nitrogen and oxygen atoms in total. The summed E-state index contributed by atoms with van der Waals surface area (Å²) in [5, 5.41) is 21.2. The number of carbonyl (C=O) groups excluding carboxylic acids is 1. The van der Waals surface area contributed by atoms with Crippen LogP contribution in [0.5, 0.6) is 0 Å². The van der Waals surface area contributed by atoms with Crippen LogP contribution in [0.4, 0.5) is 0 Å². The minimum Gasteiger partial charge on any atom is -0.393 e. The number of amides is 1. The number of ether oxygens (including phenoxy) is 1. The number of hydrogen-bond donors (Lipinski definition) is 2. The van der Waals surface area contributed by atoms with E-state index >= 15 is 0 Å². The second-order valence-electron chi connectivity index (χ2n) is 7.91. The van der Waals surface area contributed by atoms with Gasteiger partial charge in [0.15, 0.2) is 5.72 Å². The van der Waals surface area contributed by atoms with Crippen LogP contribution in [0.1, 0.15) is 39.7 Å². The van der Waals surface area contributed by atoms with Crippen LogP contribution < -0.4 is 0 Å².